The van der Waals surface area contributed by atoms with E-state index in [9.17, 15) is 4.79 Å². The van der Waals surface area contributed by atoms with Gasteiger partial charge in [0.2, 0.25) is 11.9 Å². The monoisotopic (exact) mass is 284 g/mol. The standard InChI is InChI=1S/C13H21ClN4O/c1-3-10(6-7-15)4-5-12(19)18-13-16-9(2)8-11(14)17-13/h8,10H,3-7,15H2,1-2H3,(H,16,17,18,19). The fraction of sp³-hybridized carbons (Fsp3) is 0.615. The van der Waals surface area contributed by atoms with Crippen LogP contribution in [-0.4, -0.2) is 22.4 Å². The number of amides is 1. The van der Waals surface area contributed by atoms with Crippen LogP contribution in [0, 0.1) is 12.8 Å². The smallest absolute Gasteiger partial charge is 0.231 e. The Hall–Kier alpha value is -1.20. The van der Waals surface area contributed by atoms with Crippen LogP contribution in [0.4, 0.5) is 5.95 Å². The van der Waals surface area contributed by atoms with Crippen molar-refractivity contribution < 1.29 is 4.79 Å². The van der Waals surface area contributed by atoms with Crippen LogP contribution in [0.1, 0.15) is 38.3 Å². The van der Waals surface area contributed by atoms with Crippen LogP contribution in [0.2, 0.25) is 5.15 Å². The molecule has 1 heterocycles. The van der Waals surface area contributed by atoms with Crippen molar-refractivity contribution in [1.82, 2.24) is 9.97 Å². The molecule has 0 aliphatic heterocycles. The summed E-state index contributed by atoms with van der Waals surface area (Å²) in [5, 5.41) is 3.00. The van der Waals surface area contributed by atoms with Gasteiger partial charge in [0.1, 0.15) is 5.15 Å². The molecule has 1 rings (SSSR count). The van der Waals surface area contributed by atoms with Crippen LogP contribution < -0.4 is 11.1 Å². The molecule has 0 bridgehead atoms. The summed E-state index contributed by atoms with van der Waals surface area (Å²) in [6.45, 7) is 4.58. The quantitative estimate of drug-likeness (QED) is 0.754. The van der Waals surface area contributed by atoms with Crippen molar-refractivity contribution in [2.24, 2.45) is 11.7 Å². The van der Waals surface area contributed by atoms with Gasteiger partial charge in [-0.1, -0.05) is 24.9 Å². The second kappa shape index (κ2) is 8.07. The molecule has 0 radical (unpaired) electrons. The molecule has 0 aliphatic rings. The zero-order valence-electron chi connectivity index (χ0n) is 11.4. The number of nitrogens with two attached hydrogens (primary N) is 1. The summed E-state index contributed by atoms with van der Waals surface area (Å²) in [5.41, 5.74) is 6.26. The van der Waals surface area contributed by atoms with Crippen LogP contribution in [0.3, 0.4) is 0 Å². The van der Waals surface area contributed by atoms with Crippen LogP contribution in [0.25, 0.3) is 0 Å². The SMILES string of the molecule is CCC(CCN)CCC(=O)Nc1nc(C)cc(Cl)n1. The number of halogens is 1. The van der Waals surface area contributed by atoms with Gasteiger partial charge in [0.25, 0.3) is 0 Å². The number of carbonyl (C=O) groups is 1. The third kappa shape index (κ3) is 5.98. The topological polar surface area (TPSA) is 80.9 Å². The first-order valence-corrected chi connectivity index (χ1v) is 6.94. The number of hydrogen-bond donors (Lipinski definition) is 2. The van der Waals surface area contributed by atoms with E-state index in [0.29, 0.717) is 24.0 Å². The maximum absolute atomic E-state index is 11.8. The number of rotatable bonds is 7. The minimum Gasteiger partial charge on any atom is -0.330 e. The summed E-state index contributed by atoms with van der Waals surface area (Å²) in [5.74, 6) is 0.678. The van der Waals surface area contributed by atoms with Crippen molar-refractivity contribution >= 4 is 23.5 Å². The number of nitrogens with zero attached hydrogens (tertiary/aromatic N) is 2. The van der Waals surface area contributed by atoms with Crippen LogP contribution in [-0.2, 0) is 4.79 Å². The van der Waals surface area contributed by atoms with Crippen LogP contribution in [0.15, 0.2) is 6.07 Å². The molecular formula is C13H21ClN4O. The van der Waals surface area contributed by atoms with Gasteiger partial charge >= 0.3 is 0 Å². The number of hydrogen-bond acceptors (Lipinski definition) is 4. The molecule has 5 nitrogen and oxygen atoms in total. The predicted molar refractivity (Wildman–Crippen MR) is 77.1 cm³/mol. The van der Waals surface area contributed by atoms with Crippen molar-refractivity contribution in [1.29, 1.82) is 0 Å². The van der Waals surface area contributed by atoms with Gasteiger partial charge in [0, 0.05) is 12.1 Å². The molecule has 1 unspecified atom stereocenters. The highest BCUT2D eigenvalue weighted by Crippen LogP contribution is 2.15. The minimum atomic E-state index is -0.0860. The molecule has 0 fully saturated rings. The molecule has 1 amide bonds. The Bertz CT molecular complexity index is 405. The van der Waals surface area contributed by atoms with Gasteiger partial charge in [-0.2, -0.15) is 0 Å². The largest absolute Gasteiger partial charge is 0.330 e. The summed E-state index contributed by atoms with van der Waals surface area (Å²) < 4.78 is 0. The minimum absolute atomic E-state index is 0.0860. The highest BCUT2D eigenvalue weighted by Gasteiger charge is 2.10. The molecule has 106 valence electrons. The van der Waals surface area contributed by atoms with E-state index in [1.165, 1.54) is 0 Å². The van der Waals surface area contributed by atoms with E-state index in [1.807, 2.05) is 0 Å². The zero-order valence-corrected chi connectivity index (χ0v) is 12.2. The number of aromatic nitrogens is 2. The number of carbonyl (C=O) groups excluding carboxylic acids is 1. The average molecular weight is 285 g/mol. The second-order valence-corrected chi connectivity index (χ2v) is 4.98. The summed E-state index contributed by atoms with van der Waals surface area (Å²) in [6.07, 6.45) is 3.28. The second-order valence-electron chi connectivity index (χ2n) is 4.59. The van der Waals surface area contributed by atoms with Gasteiger partial charge in [-0.15, -0.1) is 0 Å². The van der Waals surface area contributed by atoms with Crippen LogP contribution >= 0.6 is 11.6 Å². The molecule has 0 spiro atoms. The van der Waals surface area contributed by atoms with Crippen molar-refractivity contribution in [3.8, 4) is 0 Å². The molecule has 19 heavy (non-hydrogen) atoms. The fourth-order valence-corrected chi connectivity index (χ4v) is 2.13. The Kier molecular flexibility index (Phi) is 6.73. The molecule has 1 atom stereocenters. The Balaban J connectivity index is 2.46. The van der Waals surface area contributed by atoms with E-state index in [0.717, 1.165) is 25.0 Å². The Labute approximate surface area is 119 Å². The lowest BCUT2D eigenvalue weighted by molar-refractivity contribution is -0.116. The molecule has 3 N–H and O–H groups in total. The Morgan fingerprint density at radius 2 is 2.21 bits per heavy atom. The third-order valence-electron chi connectivity index (χ3n) is 3.01. The molecule has 0 aliphatic carbocycles. The van der Waals surface area contributed by atoms with Gasteiger partial charge in [-0.05, 0) is 38.3 Å². The Morgan fingerprint density at radius 3 is 2.79 bits per heavy atom. The molecule has 6 heteroatoms. The molecule has 0 aromatic carbocycles. The fourth-order valence-electron chi connectivity index (χ4n) is 1.90. The molecule has 1 aromatic heterocycles. The van der Waals surface area contributed by atoms with Gasteiger partial charge in [0.05, 0.1) is 0 Å². The predicted octanol–water partition coefficient (Wildman–Crippen LogP) is 2.53. The lowest BCUT2D eigenvalue weighted by atomic mass is 9.96. The molecular weight excluding hydrogens is 264 g/mol. The highest BCUT2D eigenvalue weighted by atomic mass is 35.5. The summed E-state index contributed by atoms with van der Waals surface area (Å²) in [6, 6.07) is 1.64. The van der Waals surface area contributed by atoms with E-state index in [4.69, 9.17) is 17.3 Å². The summed E-state index contributed by atoms with van der Waals surface area (Å²) in [7, 11) is 0. The third-order valence-corrected chi connectivity index (χ3v) is 3.20. The van der Waals surface area contributed by atoms with Gasteiger partial charge in [-0.25, -0.2) is 9.97 Å². The van der Waals surface area contributed by atoms with Gasteiger partial charge < -0.3 is 5.73 Å². The summed E-state index contributed by atoms with van der Waals surface area (Å²) >= 11 is 5.81. The van der Waals surface area contributed by atoms with E-state index >= 15 is 0 Å². The normalized spacial score (nSPS) is 12.2. The van der Waals surface area contributed by atoms with Crippen molar-refractivity contribution in [3.63, 3.8) is 0 Å². The van der Waals surface area contributed by atoms with Crippen molar-refractivity contribution in [3.05, 3.63) is 16.9 Å². The highest BCUT2D eigenvalue weighted by molar-refractivity contribution is 6.29. The van der Waals surface area contributed by atoms with Crippen LogP contribution in [0.5, 0.6) is 0 Å². The van der Waals surface area contributed by atoms with E-state index in [-0.39, 0.29) is 11.9 Å². The van der Waals surface area contributed by atoms with E-state index in [1.54, 1.807) is 13.0 Å². The Morgan fingerprint density at radius 1 is 1.47 bits per heavy atom. The first-order valence-electron chi connectivity index (χ1n) is 6.56. The zero-order chi connectivity index (χ0) is 14.3. The first kappa shape index (κ1) is 15.9. The molecule has 0 saturated carbocycles. The van der Waals surface area contributed by atoms with E-state index < -0.39 is 0 Å². The molecule has 0 saturated heterocycles. The number of anilines is 1. The molecule has 1 aromatic rings. The van der Waals surface area contributed by atoms with Crippen molar-refractivity contribution in [2.45, 2.75) is 39.5 Å². The van der Waals surface area contributed by atoms with Gasteiger partial charge in [0.15, 0.2) is 0 Å². The first-order chi connectivity index (χ1) is 9.05. The number of nitrogens with one attached hydrogen (secondary N) is 1. The maximum Gasteiger partial charge on any atom is 0.231 e. The summed E-state index contributed by atoms with van der Waals surface area (Å²) in [4.78, 5) is 19.9. The number of aryl methyl sites for hydroxylation is 1. The lowest BCUT2D eigenvalue weighted by Gasteiger charge is -2.12. The lowest BCUT2D eigenvalue weighted by Crippen LogP contribution is -2.16. The maximum atomic E-state index is 11.8. The van der Waals surface area contributed by atoms with E-state index in [2.05, 4.69) is 22.2 Å². The van der Waals surface area contributed by atoms with Gasteiger partial charge in [-0.3, -0.25) is 10.1 Å². The average Bonchev–Trinajstić information content (AvgIpc) is 2.33. The van der Waals surface area contributed by atoms with Crippen molar-refractivity contribution in [2.75, 3.05) is 11.9 Å².